The minimum Gasteiger partial charge on any atom is -0.376 e. The van der Waals surface area contributed by atoms with Crippen molar-refractivity contribution in [2.24, 2.45) is 0 Å². The first-order valence-corrected chi connectivity index (χ1v) is 7.65. The zero-order valence-corrected chi connectivity index (χ0v) is 12.6. The van der Waals surface area contributed by atoms with Gasteiger partial charge in [-0.25, -0.2) is 4.98 Å². The molecule has 4 rings (SSSR count). The first kappa shape index (κ1) is 13.9. The van der Waals surface area contributed by atoms with Gasteiger partial charge < -0.3 is 10.1 Å². The maximum atomic E-state index is 5.45. The van der Waals surface area contributed by atoms with Crippen molar-refractivity contribution in [3.63, 3.8) is 0 Å². The van der Waals surface area contributed by atoms with E-state index >= 15 is 0 Å². The Kier molecular flexibility index (Phi) is 3.52. The van der Waals surface area contributed by atoms with Crippen LogP contribution in [-0.4, -0.2) is 23.2 Å². The number of anilines is 1. The lowest BCUT2D eigenvalue weighted by Gasteiger charge is -2.42. The first-order chi connectivity index (χ1) is 11.4. The zero-order chi connectivity index (χ0) is 15.5. The Bertz CT molecular complexity index is 769. The lowest BCUT2D eigenvalue weighted by molar-refractivity contribution is -0.0449. The van der Waals surface area contributed by atoms with E-state index in [0.29, 0.717) is 13.2 Å². The van der Waals surface area contributed by atoms with Crippen LogP contribution in [0.3, 0.4) is 0 Å². The van der Waals surface area contributed by atoms with Crippen LogP contribution in [0.1, 0.15) is 5.56 Å². The van der Waals surface area contributed by atoms with Gasteiger partial charge in [-0.15, -0.1) is 0 Å². The molecule has 0 bridgehead atoms. The fourth-order valence-corrected chi connectivity index (χ4v) is 2.77. The number of nitrogens with zero attached hydrogens (tertiary/aromatic N) is 2. The molecule has 2 aromatic carbocycles. The second-order valence-corrected chi connectivity index (χ2v) is 5.72. The Hall–Kier alpha value is -2.72. The number of hydrogen-bond donors (Lipinski definition) is 1. The Balaban J connectivity index is 1.57. The van der Waals surface area contributed by atoms with Crippen molar-refractivity contribution in [1.29, 1.82) is 0 Å². The molecule has 1 fully saturated rings. The summed E-state index contributed by atoms with van der Waals surface area (Å²) in [6.45, 7) is 1.28. The molecule has 4 heteroatoms. The molecule has 0 aliphatic carbocycles. The molecule has 23 heavy (non-hydrogen) atoms. The van der Waals surface area contributed by atoms with Crippen LogP contribution >= 0.6 is 0 Å². The van der Waals surface area contributed by atoms with Gasteiger partial charge in [-0.05, 0) is 5.56 Å². The Morgan fingerprint density at radius 2 is 1.52 bits per heavy atom. The topological polar surface area (TPSA) is 47.0 Å². The van der Waals surface area contributed by atoms with Crippen molar-refractivity contribution in [2.75, 3.05) is 18.5 Å². The molecule has 1 aromatic heterocycles. The van der Waals surface area contributed by atoms with Crippen molar-refractivity contribution in [3.05, 3.63) is 78.6 Å². The van der Waals surface area contributed by atoms with E-state index in [0.717, 1.165) is 17.1 Å². The maximum absolute atomic E-state index is 5.45. The predicted octanol–water partition coefficient (Wildman–Crippen LogP) is 3.48. The van der Waals surface area contributed by atoms with E-state index in [2.05, 4.69) is 27.4 Å². The molecule has 3 aromatic rings. The van der Waals surface area contributed by atoms with E-state index in [9.17, 15) is 0 Å². The average molecular weight is 303 g/mol. The van der Waals surface area contributed by atoms with E-state index in [-0.39, 0.29) is 5.54 Å². The van der Waals surface area contributed by atoms with Crippen LogP contribution in [0.25, 0.3) is 11.3 Å². The zero-order valence-electron chi connectivity index (χ0n) is 12.6. The van der Waals surface area contributed by atoms with Crippen molar-refractivity contribution in [3.8, 4) is 11.3 Å². The van der Waals surface area contributed by atoms with Gasteiger partial charge in [0.05, 0.1) is 31.3 Å². The van der Waals surface area contributed by atoms with Gasteiger partial charge >= 0.3 is 0 Å². The van der Waals surface area contributed by atoms with Crippen molar-refractivity contribution in [2.45, 2.75) is 5.54 Å². The standard InChI is InChI=1S/C19H17N3O/c1-3-7-15(8-4-1)17-11-21-18(12-20-17)22-19(13-23-14-19)16-9-5-2-6-10-16/h1-12H,13-14H2,(H,21,22). The third kappa shape index (κ3) is 2.69. The van der Waals surface area contributed by atoms with Gasteiger partial charge in [0.15, 0.2) is 0 Å². The van der Waals surface area contributed by atoms with Gasteiger partial charge in [0.25, 0.3) is 0 Å². The SMILES string of the molecule is c1ccc(-c2cnc(NC3(c4ccccc4)COC3)cn2)cc1. The summed E-state index contributed by atoms with van der Waals surface area (Å²) >= 11 is 0. The normalized spacial score (nSPS) is 15.7. The summed E-state index contributed by atoms with van der Waals surface area (Å²) in [5.74, 6) is 0.761. The van der Waals surface area contributed by atoms with Gasteiger partial charge in [0, 0.05) is 5.56 Å². The number of rotatable bonds is 4. The van der Waals surface area contributed by atoms with Crippen molar-refractivity contribution >= 4 is 5.82 Å². The average Bonchev–Trinajstić information content (AvgIpc) is 2.60. The second-order valence-electron chi connectivity index (χ2n) is 5.72. The van der Waals surface area contributed by atoms with Crippen molar-refractivity contribution in [1.82, 2.24) is 9.97 Å². The lowest BCUT2D eigenvalue weighted by atomic mass is 9.88. The molecule has 0 spiro atoms. The predicted molar refractivity (Wildman–Crippen MR) is 90.0 cm³/mol. The third-order valence-corrected chi connectivity index (χ3v) is 4.11. The smallest absolute Gasteiger partial charge is 0.145 e. The minimum absolute atomic E-state index is 0.204. The molecule has 4 nitrogen and oxygen atoms in total. The van der Waals surface area contributed by atoms with Gasteiger partial charge in [0.1, 0.15) is 11.4 Å². The number of hydrogen-bond acceptors (Lipinski definition) is 4. The van der Waals surface area contributed by atoms with E-state index in [1.54, 1.807) is 12.4 Å². The molecular weight excluding hydrogens is 286 g/mol. The largest absolute Gasteiger partial charge is 0.376 e. The summed E-state index contributed by atoms with van der Waals surface area (Å²) in [6.07, 6.45) is 3.58. The van der Waals surface area contributed by atoms with Crippen LogP contribution in [0.4, 0.5) is 5.82 Å². The molecule has 2 heterocycles. The quantitative estimate of drug-likeness (QED) is 0.801. The van der Waals surface area contributed by atoms with Gasteiger partial charge in [-0.3, -0.25) is 4.98 Å². The van der Waals surface area contributed by atoms with Crippen molar-refractivity contribution < 1.29 is 4.74 Å². The summed E-state index contributed by atoms with van der Waals surface area (Å²) in [7, 11) is 0. The maximum Gasteiger partial charge on any atom is 0.145 e. The first-order valence-electron chi connectivity index (χ1n) is 7.65. The monoisotopic (exact) mass is 303 g/mol. The number of aromatic nitrogens is 2. The molecule has 114 valence electrons. The summed E-state index contributed by atoms with van der Waals surface area (Å²) in [5.41, 5.74) is 2.94. The second kappa shape index (κ2) is 5.82. The van der Waals surface area contributed by atoms with E-state index in [4.69, 9.17) is 4.74 Å². The summed E-state index contributed by atoms with van der Waals surface area (Å²) < 4.78 is 5.45. The highest BCUT2D eigenvalue weighted by Gasteiger charge is 2.40. The number of ether oxygens (including phenoxy) is 1. The van der Waals surface area contributed by atoms with Crippen LogP contribution < -0.4 is 5.32 Å². The van der Waals surface area contributed by atoms with Gasteiger partial charge in [-0.1, -0.05) is 60.7 Å². The summed E-state index contributed by atoms with van der Waals surface area (Å²) in [6, 6.07) is 20.4. The van der Waals surface area contributed by atoms with E-state index < -0.39 is 0 Å². The van der Waals surface area contributed by atoms with Crippen LogP contribution in [0, 0.1) is 0 Å². The highest BCUT2D eigenvalue weighted by atomic mass is 16.5. The van der Waals surface area contributed by atoms with Gasteiger partial charge in [-0.2, -0.15) is 0 Å². The van der Waals surface area contributed by atoms with Crippen LogP contribution in [-0.2, 0) is 10.3 Å². The number of nitrogens with one attached hydrogen (secondary N) is 1. The molecule has 0 atom stereocenters. The summed E-state index contributed by atoms with van der Waals surface area (Å²) in [5, 5.41) is 3.49. The van der Waals surface area contributed by atoms with Crippen LogP contribution in [0.5, 0.6) is 0 Å². The fraction of sp³-hybridized carbons (Fsp3) is 0.158. The summed E-state index contributed by atoms with van der Waals surface area (Å²) in [4.78, 5) is 9.04. The molecule has 0 amide bonds. The Morgan fingerprint density at radius 3 is 2.09 bits per heavy atom. The minimum atomic E-state index is -0.204. The van der Waals surface area contributed by atoms with Crippen LogP contribution in [0.2, 0.25) is 0 Å². The molecule has 0 saturated carbocycles. The lowest BCUT2D eigenvalue weighted by Crippen LogP contribution is -2.53. The Morgan fingerprint density at radius 1 is 0.826 bits per heavy atom. The molecule has 1 aliphatic rings. The molecule has 1 saturated heterocycles. The molecule has 1 aliphatic heterocycles. The molecular formula is C19H17N3O. The highest BCUT2D eigenvalue weighted by molar-refractivity contribution is 5.58. The van der Waals surface area contributed by atoms with Gasteiger partial charge in [0.2, 0.25) is 0 Å². The van der Waals surface area contributed by atoms with E-state index in [1.165, 1.54) is 5.56 Å². The van der Waals surface area contributed by atoms with Crippen LogP contribution in [0.15, 0.2) is 73.1 Å². The molecule has 0 radical (unpaired) electrons. The number of benzene rings is 2. The molecule has 0 unspecified atom stereocenters. The highest BCUT2D eigenvalue weighted by Crippen LogP contribution is 2.33. The Labute approximate surface area is 135 Å². The van der Waals surface area contributed by atoms with E-state index in [1.807, 2.05) is 48.5 Å². The molecule has 1 N–H and O–H groups in total. The fourth-order valence-electron chi connectivity index (χ4n) is 2.77. The third-order valence-electron chi connectivity index (χ3n) is 4.11.